The molecule has 0 heterocycles. The first-order chi connectivity index (χ1) is 7.27. The minimum atomic E-state index is -0.0966. The Morgan fingerprint density at radius 2 is 2.00 bits per heavy atom. The number of benzene rings is 1. The molecular formula is C13H18O2. The quantitative estimate of drug-likeness (QED) is 0.692. The monoisotopic (exact) mass is 206 g/mol. The van der Waals surface area contributed by atoms with Crippen LogP contribution in [-0.4, -0.2) is 13.1 Å². The predicted molar refractivity (Wildman–Crippen MR) is 60.6 cm³/mol. The van der Waals surface area contributed by atoms with E-state index in [9.17, 15) is 4.79 Å². The lowest BCUT2D eigenvalue weighted by Gasteiger charge is -2.13. The van der Waals surface area contributed by atoms with E-state index < -0.39 is 0 Å². The molecule has 0 aliphatic rings. The van der Waals surface area contributed by atoms with Gasteiger partial charge in [0.2, 0.25) is 0 Å². The van der Waals surface area contributed by atoms with E-state index in [1.165, 1.54) is 12.7 Å². The highest BCUT2D eigenvalue weighted by Crippen LogP contribution is 2.15. The number of methoxy groups -OCH3 is 1. The Balaban J connectivity index is 2.62. The van der Waals surface area contributed by atoms with Crippen LogP contribution in [-0.2, 0) is 16.0 Å². The van der Waals surface area contributed by atoms with Crippen molar-refractivity contribution < 1.29 is 9.53 Å². The number of hydrogen-bond donors (Lipinski definition) is 0. The first-order valence-electron chi connectivity index (χ1n) is 5.39. The van der Waals surface area contributed by atoms with Crippen LogP contribution in [0.4, 0.5) is 0 Å². The van der Waals surface area contributed by atoms with E-state index in [-0.39, 0.29) is 11.9 Å². The third-order valence-corrected chi connectivity index (χ3v) is 2.50. The van der Waals surface area contributed by atoms with Crippen LogP contribution >= 0.6 is 0 Å². The van der Waals surface area contributed by atoms with Crippen molar-refractivity contribution in [2.24, 2.45) is 5.92 Å². The number of carbonyl (C=O) groups is 1. The van der Waals surface area contributed by atoms with Gasteiger partial charge in [-0.05, 0) is 18.4 Å². The second-order valence-corrected chi connectivity index (χ2v) is 3.70. The lowest BCUT2D eigenvalue weighted by molar-refractivity contribution is -0.145. The lowest BCUT2D eigenvalue weighted by atomic mass is 9.95. The molecule has 0 spiro atoms. The molecule has 0 amide bonds. The van der Waals surface area contributed by atoms with Crippen LogP contribution in [0.5, 0.6) is 0 Å². The Labute approximate surface area is 91.3 Å². The van der Waals surface area contributed by atoms with Crippen LogP contribution in [0.25, 0.3) is 0 Å². The van der Waals surface area contributed by atoms with Crippen molar-refractivity contribution in [2.75, 3.05) is 7.11 Å². The normalized spacial score (nSPS) is 12.1. The zero-order chi connectivity index (χ0) is 11.1. The largest absolute Gasteiger partial charge is 0.469 e. The van der Waals surface area contributed by atoms with E-state index >= 15 is 0 Å². The Morgan fingerprint density at radius 1 is 1.33 bits per heavy atom. The maximum Gasteiger partial charge on any atom is 0.308 e. The smallest absolute Gasteiger partial charge is 0.308 e. The Hall–Kier alpha value is -1.31. The molecule has 1 aromatic rings. The summed E-state index contributed by atoms with van der Waals surface area (Å²) in [5.41, 5.74) is 1.20. The molecule has 0 unspecified atom stereocenters. The topological polar surface area (TPSA) is 26.3 Å². The summed E-state index contributed by atoms with van der Waals surface area (Å²) in [4.78, 5) is 11.5. The number of carbonyl (C=O) groups excluding carboxylic acids is 1. The van der Waals surface area contributed by atoms with Gasteiger partial charge in [0.15, 0.2) is 0 Å². The summed E-state index contributed by atoms with van der Waals surface area (Å²) in [5.74, 6) is -0.0943. The average molecular weight is 206 g/mol. The van der Waals surface area contributed by atoms with Gasteiger partial charge in [0.05, 0.1) is 13.0 Å². The molecule has 1 aromatic carbocycles. The van der Waals surface area contributed by atoms with Crippen molar-refractivity contribution in [3.05, 3.63) is 35.9 Å². The van der Waals surface area contributed by atoms with Crippen molar-refractivity contribution in [1.29, 1.82) is 0 Å². The second kappa shape index (κ2) is 6.23. The molecule has 82 valence electrons. The molecule has 0 bridgehead atoms. The van der Waals surface area contributed by atoms with Gasteiger partial charge in [-0.1, -0.05) is 43.7 Å². The van der Waals surface area contributed by atoms with E-state index in [0.29, 0.717) is 0 Å². The molecule has 0 saturated carbocycles. The summed E-state index contributed by atoms with van der Waals surface area (Å²) in [6, 6.07) is 10.1. The molecule has 0 radical (unpaired) electrons. The van der Waals surface area contributed by atoms with Crippen molar-refractivity contribution in [3.8, 4) is 0 Å². The first-order valence-corrected chi connectivity index (χ1v) is 5.39. The molecule has 1 rings (SSSR count). The molecule has 2 heteroatoms. The Bertz CT molecular complexity index is 293. The van der Waals surface area contributed by atoms with E-state index in [1.807, 2.05) is 30.3 Å². The Morgan fingerprint density at radius 3 is 2.53 bits per heavy atom. The van der Waals surface area contributed by atoms with Gasteiger partial charge in [-0.15, -0.1) is 0 Å². The molecule has 0 saturated heterocycles. The highest BCUT2D eigenvalue weighted by atomic mass is 16.5. The predicted octanol–water partition coefficient (Wildman–Crippen LogP) is 2.82. The van der Waals surface area contributed by atoms with Gasteiger partial charge in [-0.25, -0.2) is 0 Å². The number of esters is 1. The molecule has 0 aliphatic carbocycles. The maximum atomic E-state index is 11.5. The minimum Gasteiger partial charge on any atom is -0.469 e. The SMILES string of the molecule is CCC[C@@H](Cc1ccccc1)C(=O)OC. The van der Waals surface area contributed by atoms with E-state index in [0.717, 1.165) is 19.3 Å². The molecule has 0 aromatic heterocycles. The van der Waals surface area contributed by atoms with Gasteiger partial charge >= 0.3 is 5.97 Å². The van der Waals surface area contributed by atoms with E-state index in [4.69, 9.17) is 4.74 Å². The summed E-state index contributed by atoms with van der Waals surface area (Å²) >= 11 is 0. The molecule has 1 atom stereocenters. The fourth-order valence-electron chi connectivity index (χ4n) is 1.72. The van der Waals surface area contributed by atoms with Gasteiger partial charge in [0.25, 0.3) is 0 Å². The zero-order valence-electron chi connectivity index (χ0n) is 9.40. The van der Waals surface area contributed by atoms with Crippen molar-refractivity contribution in [1.82, 2.24) is 0 Å². The fraction of sp³-hybridized carbons (Fsp3) is 0.462. The molecule has 15 heavy (non-hydrogen) atoms. The summed E-state index contributed by atoms with van der Waals surface area (Å²) in [6.07, 6.45) is 2.68. The highest BCUT2D eigenvalue weighted by molar-refractivity contribution is 5.72. The number of ether oxygens (including phenoxy) is 1. The van der Waals surface area contributed by atoms with Gasteiger partial charge in [-0.2, -0.15) is 0 Å². The van der Waals surface area contributed by atoms with Crippen LogP contribution in [0.2, 0.25) is 0 Å². The third kappa shape index (κ3) is 3.74. The van der Waals surface area contributed by atoms with Crippen molar-refractivity contribution in [2.45, 2.75) is 26.2 Å². The average Bonchev–Trinajstić information content (AvgIpc) is 2.29. The van der Waals surface area contributed by atoms with Gasteiger partial charge in [0.1, 0.15) is 0 Å². The molecule has 0 aliphatic heterocycles. The van der Waals surface area contributed by atoms with Crippen molar-refractivity contribution in [3.63, 3.8) is 0 Å². The maximum absolute atomic E-state index is 11.5. The zero-order valence-corrected chi connectivity index (χ0v) is 9.40. The van der Waals surface area contributed by atoms with Crippen LogP contribution in [0.15, 0.2) is 30.3 Å². The van der Waals surface area contributed by atoms with E-state index in [1.54, 1.807) is 0 Å². The number of hydrogen-bond acceptors (Lipinski definition) is 2. The molecular weight excluding hydrogens is 188 g/mol. The third-order valence-electron chi connectivity index (χ3n) is 2.50. The van der Waals surface area contributed by atoms with Crippen molar-refractivity contribution >= 4 is 5.97 Å². The van der Waals surface area contributed by atoms with Gasteiger partial charge < -0.3 is 4.74 Å². The Kier molecular flexibility index (Phi) is 4.88. The van der Waals surface area contributed by atoms with Gasteiger partial charge in [-0.3, -0.25) is 4.79 Å². The van der Waals surface area contributed by atoms with Gasteiger partial charge in [0, 0.05) is 0 Å². The van der Waals surface area contributed by atoms with Crippen LogP contribution in [0.3, 0.4) is 0 Å². The number of rotatable bonds is 5. The minimum absolute atomic E-state index is 0.00222. The van der Waals surface area contributed by atoms with Crippen LogP contribution in [0, 0.1) is 5.92 Å². The summed E-state index contributed by atoms with van der Waals surface area (Å²) in [7, 11) is 1.45. The molecule has 2 nitrogen and oxygen atoms in total. The highest BCUT2D eigenvalue weighted by Gasteiger charge is 2.18. The summed E-state index contributed by atoms with van der Waals surface area (Å²) < 4.78 is 4.80. The second-order valence-electron chi connectivity index (χ2n) is 3.70. The first kappa shape index (κ1) is 11.8. The summed E-state index contributed by atoms with van der Waals surface area (Å²) in [6.45, 7) is 2.08. The standard InChI is InChI=1S/C13H18O2/c1-3-7-12(13(14)15-2)10-11-8-5-4-6-9-11/h4-6,8-9,12H,3,7,10H2,1-2H3/t12-/m0/s1. The lowest BCUT2D eigenvalue weighted by Crippen LogP contribution is -2.18. The fourth-order valence-corrected chi connectivity index (χ4v) is 1.72. The molecule has 0 fully saturated rings. The summed E-state index contributed by atoms with van der Waals surface area (Å²) in [5, 5.41) is 0. The molecule has 0 N–H and O–H groups in total. The van der Waals surface area contributed by atoms with Crippen LogP contribution < -0.4 is 0 Å². The van der Waals surface area contributed by atoms with E-state index in [2.05, 4.69) is 6.92 Å². The van der Waals surface area contributed by atoms with Crippen LogP contribution in [0.1, 0.15) is 25.3 Å².